The van der Waals surface area contributed by atoms with Crippen LogP contribution >= 0.6 is 0 Å². The summed E-state index contributed by atoms with van der Waals surface area (Å²) in [6, 6.07) is 12.1. The fraction of sp³-hybridized carbons (Fsp3) is 0.364. The van der Waals surface area contributed by atoms with Crippen LogP contribution in [-0.2, 0) is 17.9 Å². The number of carboxylic acid groups (broad SMARTS) is 1. The number of ether oxygens (including phenoxy) is 1. The average molecular weight is 379 g/mol. The van der Waals surface area contributed by atoms with E-state index in [2.05, 4.69) is 9.88 Å². The first-order valence-electron chi connectivity index (χ1n) is 9.68. The van der Waals surface area contributed by atoms with Crippen LogP contribution in [-0.4, -0.2) is 38.4 Å². The zero-order valence-corrected chi connectivity index (χ0v) is 16.0. The Hall–Kier alpha value is -2.86. The van der Waals surface area contributed by atoms with Crippen LogP contribution in [0.4, 0.5) is 0 Å². The highest BCUT2D eigenvalue weighted by molar-refractivity contribution is 5.70. The SMILES string of the molecule is Cc1cccn2cc(COc3ccc(CN4CCCC(C(=O)O)C4)cc3)nc12. The lowest BCUT2D eigenvalue weighted by Crippen LogP contribution is -2.38. The summed E-state index contributed by atoms with van der Waals surface area (Å²) >= 11 is 0. The van der Waals surface area contributed by atoms with Gasteiger partial charge < -0.3 is 14.2 Å². The smallest absolute Gasteiger partial charge is 0.307 e. The van der Waals surface area contributed by atoms with Gasteiger partial charge in [0.2, 0.25) is 0 Å². The van der Waals surface area contributed by atoms with Gasteiger partial charge in [0, 0.05) is 25.5 Å². The van der Waals surface area contributed by atoms with Gasteiger partial charge in [-0.25, -0.2) is 4.98 Å². The van der Waals surface area contributed by atoms with E-state index in [0.717, 1.165) is 48.6 Å². The van der Waals surface area contributed by atoms with Gasteiger partial charge in [-0.05, 0) is 55.6 Å². The normalized spacial score (nSPS) is 17.7. The molecule has 0 aliphatic carbocycles. The number of hydrogen-bond acceptors (Lipinski definition) is 4. The van der Waals surface area contributed by atoms with Gasteiger partial charge in [0.05, 0.1) is 11.6 Å². The first kappa shape index (κ1) is 18.5. The Morgan fingerprint density at radius 3 is 2.86 bits per heavy atom. The number of likely N-dealkylation sites (tertiary alicyclic amines) is 1. The molecule has 6 nitrogen and oxygen atoms in total. The van der Waals surface area contributed by atoms with Crippen molar-refractivity contribution >= 4 is 11.6 Å². The summed E-state index contributed by atoms with van der Waals surface area (Å²) < 4.78 is 7.90. The molecule has 1 aromatic carbocycles. The van der Waals surface area contributed by atoms with Crippen molar-refractivity contribution in [2.75, 3.05) is 13.1 Å². The topological polar surface area (TPSA) is 67.1 Å². The second kappa shape index (κ2) is 8.02. The monoisotopic (exact) mass is 379 g/mol. The highest BCUT2D eigenvalue weighted by Crippen LogP contribution is 2.20. The van der Waals surface area contributed by atoms with Crippen LogP contribution in [0.2, 0.25) is 0 Å². The lowest BCUT2D eigenvalue weighted by atomic mass is 9.98. The molecule has 0 saturated carbocycles. The summed E-state index contributed by atoms with van der Waals surface area (Å²) in [6.07, 6.45) is 5.70. The predicted octanol–water partition coefficient (Wildman–Crippen LogP) is 3.52. The van der Waals surface area contributed by atoms with Gasteiger partial charge in [0.1, 0.15) is 18.0 Å². The second-order valence-electron chi connectivity index (χ2n) is 7.50. The molecule has 1 unspecified atom stereocenters. The van der Waals surface area contributed by atoms with Gasteiger partial charge in [0.15, 0.2) is 0 Å². The molecule has 1 aliphatic rings. The lowest BCUT2D eigenvalue weighted by Gasteiger charge is -2.30. The van der Waals surface area contributed by atoms with Gasteiger partial charge in [-0.15, -0.1) is 0 Å². The zero-order chi connectivity index (χ0) is 19.5. The Morgan fingerprint density at radius 2 is 2.11 bits per heavy atom. The Morgan fingerprint density at radius 1 is 1.29 bits per heavy atom. The van der Waals surface area contributed by atoms with Crippen molar-refractivity contribution in [3.8, 4) is 5.75 Å². The van der Waals surface area contributed by atoms with Crippen molar-refractivity contribution < 1.29 is 14.6 Å². The molecule has 28 heavy (non-hydrogen) atoms. The van der Waals surface area contributed by atoms with Crippen molar-refractivity contribution in [1.29, 1.82) is 0 Å². The maximum Gasteiger partial charge on any atom is 0.307 e. The van der Waals surface area contributed by atoms with Crippen molar-refractivity contribution in [2.45, 2.75) is 32.9 Å². The van der Waals surface area contributed by atoms with Gasteiger partial charge in [0.25, 0.3) is 0 Å². The van der Waals surface area contributed by atoms with Crippen molar-refractivity contribution in [3.05, 3.63) is 65.6 Å². The minimum absolute atomic E-state index is 0.245. The van der Waals surface area contributed by atoms with Crippen molar-refractivity contribution in [2.24, 2.45) is 5.92 Å². The first-order chi connectivity index (χ1) is 13.6. The Labute approximate surface area is 164 Å². The zero-order valence-electron chi connectivity index (χ0n) is 16.0. The molecule has 146 valence electrons. The van der Waals surface area contributed by atoms with Crippen LogP contribution in [0.15, 0.2) is 48.8 Å². The van der Waals surface area contributed by atoms with Crippen LogP contribution in [0.5, 0.6) is 5.75 Å². The fourth-order valence-corrected chi connectivity index (χ4v) is 3.78. The number of aromatic nitrogens is 2. The molecule has 0 radical (unpaired) electrons. The molecule has 3 aromatic rings. The van der Waals surface area contributed by atoms with E-state index in [1.807, 2.05) is 60.1 Å². The fourth-order valence-electron chi connectivity index (χ4n) is 3.78. The third-order valence-corrected chi connectivity index (χ3v) is 5.30. The number of benzene rings is 1. The Kier molecular flexibility index (Phi) is 5.30. The highest BCUT2D eigenvalue weighted by Gasteiger charge is 2.25. The van der Waals surface area contributed by atoms with Crippen LogP contribution in [0.3, 0.4) is 0 Å². The summed E-state index contributed by atoms with van der Waals surface area (Å²) in [5, 5.41) is 9.22. The van der Waals surface area contributed by atoms with Crippen LogP contribution < -0.4 is 4.74 Å². The number of aliphatic carboxylic acids is 1. The molecule has 1 aliphatic heterocycles. The maximum atomic E-state index is 11.2. The number of carbonyl (C=O) groups is 1. The minimum Gasteiger partial charge on any atom is -0.487 e. The number of rotatable bonds is 6. The van der Waals surface area contributed by atoms with Gasteiger partial charge in [-0.1, -0.05) is 18.2 Å². The number of fused-ring (bicyclic) bond motifs is 1. The molecule has 1 N–H and O–H groups in total. The van der Waals surface area contributed by atoms with Crippen LogP contribution in [0.25, 0.3) is 5.65 Å². The van der Waals surface area contributed by atoms with Gasteiger partial charge in [-0.2, -0.15) is 0 Å². The number of aryl methyl sites for hydroxylation is 1. The van der Waals surface area contributed by atoms with Crippen LogP contribution in [0, 0.1) is 12.8 Å². The number of pyridine rings is 1. The van der Waals surface area contributed by atoms with Crippen molar-refractivity contribution in [3.63, 3.8) is 0 Å². The molecular weight excluding hydrogens is 354 g/mol. The Bertz CT molecular complexity index is 965. The molecule has 0 spiro atoms. The number of nitrogens with zero attached hydrogens (tertiary/aromatic N) is 3. The third kappa shape index (κ3) is 4.17. The maximum absolute atomic E-state index is 11.2. The van der Waals surface area contributed by atoms with Crippen LogP contribution in [0.1, 0.15) is 29.7 Å². The van der Waals surface area contributed by atoms with Gasteiger partial charge >= 0.3 is 5.97 Å². The quantitative estimate of drug-likeness (QED) is 0.710. The first-order valence-corrected chi connectivity index (χ1v) is 9.68. The standard InChI is InChI=1S/C22H25N3O3/c1-16-4-2-11-25-14-19(23-21(16)25)15-28-20-8-6-17(7-9-20)12-24-10-3-5-18(13-24)22(26)27/h2,4,6-9,11,14,18H,3,5,10,12-13,15H2,1H3,(H,26,27). The lowest BCUT2D eigenvalue weighted by molar-refractivity contribution is -0.143. The second-order valence-corrected chi connectivity index (χ2v) is 7.50. The molecule has 1 saturated heterocycles. The summed E-state index contributed by atoms with van der Waals surface area (Å²) in [4.78, 5) is 18.1. The summed E-state index contributed by atoms with van der Waals surface area (Å²) in [7, 11) is 0. The molecule has 4 rings (SSSR count). The minimum atomic E-state index is -0.685. The molecule has 0 amide bonds. The number of piperidine rings is 1. The molecule has 3 heterocycles. The molecule has 2 aromatic heterocycles. The molecular formula is C22H25N3O3. The van der Waals surface area contributed by atoms with E-state index in [1.54, 1.807) is 0 Å². The van der Waals surface area contributed by atoms with E-state index in [-0.39, 0.29) is 5.92 Å². The van der Waals surface area contributed by atoms with E-state index in [0.29, 0.717) is 13.2 Å². The number of imidazole rings is 1. The average Bonchev–Trinajstić information content (AvgIpc) is 3.12. The number of hydrogen-bond donors (Lipinski definition) is 1. The van der Waals surface area contributed by atoms with E-state index in [1.165, 1.54) is 5.56 Å². The highest BCUT2D eigenvalue weighted by atomic mass is 16.5. The number of carboxylic acids is 1. The third-order valence-electron chi connectivity index (χ3n) is 5.30. The predicted molar refractivity (Wildman–Crippen MR) is 106 cm³/mol. The summed E-state index contributed by atoms with van der Waals surface area (Å²) in [5.41, 5.74) is 4.16. The van der Waals surface area contributed by atoms with Gasteiger partial charge in [-0.3, -0.25) is 9.69 Å². The molecule has 0 bridgehead atoms. The van der Waals surface area contributed by atoms with E-state index in [9.17, 15) is 9.90 Å². The summed E-state index contributed by atoms with van der Waals surface area (Å²) in [6.45, 7) is 4.82. The van der Waals surface area contributed by atoms with E-state index >= 15 is 0 Å². The Balaban J connectivity index is 1.34. The largest absolute Gasteiger partial charge is 0.487 e. The molecule has 1 atom stereocenters. The van der Waals surface area contributed by atoms with E-state index < -0.39 is 5.97 Å². The van der Waals surface area contributed by atoms with Crippen molar-refractivity contribution in [1.82, 2.24) is 14.3 Å². The molecule has 6 heteroatoms. The molecule has 1 fully saturated rings. The van der Waals surface area contributed by atoms with E-state index in [4.69, 9.17) is 4.74 Å². The summed E-state index contributed by atoms with van der Waals surface area (Å²) in [5.74, 6) is -0.124.